The fourth-order valence-corrected chi connectivity index (χ4v) is 3.76. The molecule has 0 spiro atoms. The van der Waals surface area contributed by atoms with E-state index in [4.69, 9.17) is 16.7 Å². The van der Waals surface area contributed by atoms with Crippen LogP contribution in [-0.4, -0.2) is 24.5 Å². The number of hydrogen-bond acceptors (Lipinski definition) is 4. The summed E-state index contributed by atoms with van der Waals surface area (Å²) < 4.78 is 27.2. The highest BCUT2D eigenvalue weighted by Crippen LogP contribution is 2.27. The number of carboxylic acid groups (broad SMARTS) is 1. The lowest BCUT2D eigenvalue weighted by atomic mass is 10.2. The number of anilines is 1. The molecule has 0 atom stereocenters. The van der Waals surface area contributed by atoms with Crippen LogP contribution in [0.5, 0.6) is 0 Å². The molecular weight excluding hydrogens is 384 g/mol. The molecule has 0 fully saturated rings. The first-order valence-corrected chi connectivity index (χ1v) is 8.12. The molecule has 0 radical (unpaired) electrons. The van der Waals surface area contributed by atoms with Crippen molar-refractivity contribution in [1.29, 1.82) is 0 Å². The van der Waals surface area contributed by atoms with Crippen LogP contribution in [0.1, 0.15) is 10.4 Å². The molecule has 0 saturated heterocycles. The van der Waals surface area contributed by atoms with Gasteiger partial charge in [0.1, 0.15) is 4.90 Å². The van der Waals surface area contributed by atoms with Crippen LogP contribution < -0.4 is 4.72 Å². The summed E-state index contributed by atoms with van der Waals surface area (Å²) in [5.74, 6) is -1.22. The van der Waals surface area contributed by atoms with Crippen LogP contribution >= 0.6 is 27.5 Å². The zero-order chi connectivity index (χ0) is 15.6. The van der Waals surface area contributed by atoms with Crippen LogP contribution in [-0.2, 0) is 10.0 Å². The van der Waals surface area contributed by atoms with Gasteiger partial charge in [0.2, 0.25) is 0 Å². The minimum Gasteiger partial charge on any atom is -0.478 e. The Hall–Kier alpha value is -1.64. The van der Waals surface area contributed by atoms with Crippen LogP contribution in [0.4, 0.5) is 5.69 Å². The number of halogens is 2. The smallest absolute Gasteiger partial charge is 0.335 e. The normalized spacial score (nSPS) is 11.1. The molecule has 0 amide bonds. The van der Waals surface area contributed by atoms with Crippen molar-refractivity contribution in [2.24, 2.45) is 0 Å². The highest BCUT2D eigenvalue weighted by atomic mass is 79.9. The van der Waals surface area contributed by atoms with Crippen molar-refractivity contribution in [1.82, 2.24) is 4.98 Å². The van der Waals surface area contributed by atoms with Crippen molar-refractivity contribution in [2.45, 2.75) is 4.90 Å². The third-order valence-corrected chi connectivity index (χ3v) is 5.17. The number of nitrogens with zero attached hydrogens (tertiary/aromatic N) is 1. The summed E-state index contributed by atoms with van der Waals surface area (Å²) in [5, 5.41) is 9.12. The van der Waals surface area contributed by atoms with Crippen molar-refractivity contribution in [3.05, 3.63) is 51.7 Å². The largest absolute Gasteiger partial charge is 0.478 e. The molecule has 0 unspecified atom stereocenters. The molecule has 21 heavy (non-hydrogen) atoms. The number of aromatic carboxylic acids is 1. The molecule has 1 aromatic carbocycles. The van der Waals surface area contributed by atoms with Crippen LogP contribution in [0.2, 0.25) is 5.02 Å². The number of hydrogen-bond donors (Lipinski definition) is 2. The van der Waals surface area contributed by atoms with Gasteiger partial charge in [-0.3, -0.25) is 9.71 Å². The highest BCUT2D eigenvalue weighted by molar-refractivity contribution is 9.10. The van der Waals surface area contributed by atoms with Crippen LogP contribution in [0.25, 0.3) is 0 Å². The van der Waals surface area contributed by atoms with E-state index >= 15 is 0 Å². The molecule has 0 aliphatic carbocycles. The summed E-state index contributed by atoms with van der Waals surface area (Å²) in [6, 6.07) is 5.13. The standard InChI is InChI=1S/C12H8BrClN2O4S/c13-8-2-1-7(12(17)18)5-11(8)21(19,20)16-10-6-15-4-3-9(10)14/h1-6,16H,(H,17,18). The van der Waals surface area contributed by atoms with E-state index in [2.05, 4.69) is 25.6 Å². The molecule has 2 N–H and O–H groups in total. The average Bonchev–Trinajstić information content (AvgIpc) is 2.41. The van der Waals surface area contributed by atoms with Gasteiger partial charge in [0.15, 0.2) is 0 Å². The Morgan fingerprint density at radius 2 is 2.05 bits per heavy atom. The molecule has 1 aromatic heterocycles. The van der Waals surface area contributed by atoms with Gasteiger partial charge in [-0.1, -0.05) is 11.6 Å². The lowest BCUT2D eigenvalue weighted by Gasteiger charge is -2.11. The van der Waals surface area contributed by atoms with E-state index in [1.807, 2.05) is 0 Å². The number of carbonyl (C=O) groups is 1. The Kier molecular flexibility index (Phi) is 4.50. The number of nitrogens with one attached hydrogen (secondary N) is 1. The Labute approximate surface area is 134 Å². The van der Waals surface area contributed by atoms with Crippen molar-refractivity contribution >= 4 is 49.2 Å². The van der Waals surface area contributed by atoms with Crippen LogP contribution in [0, 0.1) is 0 Å². The predicted octanol–water partition coefficient (Wildman–Crippen LogP) is 3.00. The molecule has 6 nitrogen and oxygen atoms in total. The van der Waals surface area contributed by atoms with E-state index in [1.54, 1.807) is 0 Å². The summed E-state index contributed by atoms with van der Waals surface area (Å²) in [4.78, 5) is 14.5. The fourth-order valence-electron chi connectivity index (χ4n) is 1.49. The molecular formula is C12H8BrClN2O4S. The van der Waals surface area contributed by atoms with Gasteiger partial charge in [-0.05, 0) is 40.2 Å². The molecule has 110 valence electrons. The van der Waals surface area contributed by atoms with Crippen LogP contribution in [0.3, 0.4) is 0 Å². The second-order valence-electron chi connectivity index (χ2n) is 3.91. The molecule has 0 aliphatic rings. The van der Waals surface area contributed by atoms with Crippen molar-refractivity contribution in [2.75, 3.05) is 4.72 Å². The maximum absolute atomic E-state index is 12.3. The first-order chi connectivity index (χ1) is 9.81. The van der Waals surface area contributed by atoms with Gasteiger partial charge in [-0.15, -0.1) is 0 Å². The number of benzene rings is 1. The lowest BCUT2D eigenvalue weighted by Crippen LogP contribution is -2.15. The van der Waals surface area contributed by atoms with Gasteiger partial charge in [-0.2, -0.15) is 0 Å². The first-order valence-electron chi connectivity index (χ1n) is 5.46. The number of rotatable bonds is 4. The molecule has 0 aliphatic heterocycles. The van der Waals surface area contributed by atoms with E-state index in [1.165, 1.54) is 30.6 Å². The molecule has 0 bridgehead atoms. The van der Waals surface area contributed by atoms with E-state index in [0.717, 1.165) is 6.07 Å². The zero-order valence-corrected chi connectivity index (χ0v) is 13.4. The quantitative estimate of drug-likeness (QED) is 0.835. The minimum atomic E-state index is -4.01. The number of aromatic nitrogens is 1. The number of pyridine rings is 1. The van der Waals surface area contributed by atoms with Crippen molar-refractivity contribution in [3.8, 4) is 0 Å². The lowest BCUT2D eigenvalue weighted by molar-refractivity contribution is 0.0696. The van der Waals surface area contributed by atoms with Gasteiger partial charge >= 0.3 is 5.97 Å². The maximum atomic E-state index is 12.3. The van der Waals surface area contributed by atoms with Crippen LogP contribution in [0.15, 0.2) is 46.0 Å². The van der Waals surface area contributed by atoms with Gasteiger partial charge in [0.05, 0.1) is 22.5 Å². The Morgan fingerprint density at radius 1 is 1.33 bits per heavy atom. The van der Waals surface area contributed by atoms with Gasteiger partial charge in [0, 0.05) is 10.7 Å². The van der Waals surface area contributed by atoms with E-state index in [-0.39, 0.29) is 25.6 Å². The maximum Gasteiger partial charge on any atom is 0.335 e. The monoisotopic (exact) mass is 390 g/mol. The highest BCUT2D eigenvalue weighted by Gasteiger charge is 2.21. The summed E-state index contributed by atoms with van der Waals surface area (Å²) in [6.45, 7) is 0. The van der Waals surface area contributed by atoms with E-state index < -0.39 is 16.0 Å². The Balaban J connectivity index is 2.47. The summed E-state index contributed by atoms with van der Waals surface area (Å²) in [5.41, 5.74) is -0.0392. The second kappa shape index (κ2) is 6.00. The molecule has 2 rings (SSSR count). The SMILES string of the molecule is O=C(O)c1ccc(Br)c(S(=O)(=O)Nc2cnccc2Cl)c1. The Bertz CT molecular complexity index is 811. The second-order valence-corrected chi connectivity index (χ2v) is 6.82. The average molecular weight is 392 g/mol. The third kappa shape index (κ3) is 3.52. The van der Waals surface area contributed by atoms with Gasteiger partial charge in [-0.25, -0.2) is 13.2 Å². The zero-order valence-electron chi connectivity index (χ0n) is 10.2. The fraction of sp³-hybridized carbons (Fsp3) is 0. The summed E-state index contributed by atoms with van der Waals surface area (Å²) in [6.07, 6.45) is 2.68. The number of carboxylic acids is 1. The molecule has 9 heteroatoms. The van der Waals surface area contributed by atoms with Gasteiger partial charge < -0.3 is 5.11 Å². The van der Waals surface area contributed by atoms with Crippen molar-refractivity contribution < 1.29 is 18.3 Å². The molecule has 1 heterocycles. The molecule has 2 aromatic rings. The predicted molar refractivity (Wildman–Crippen MR) is 81.2 cm³/mol. The van der Waals surface area contributed by atoms with Crippen molar-refractivity contribution in [3.63, 3.8) is 0 Å². The third-order valence-electron chi connectivity index (χ3n) is 2.48. The Morgan fingerprint density at radius 3 is 2.67 bits per heavy atom. The number of sulfonamides is 1. The molecule has 0 saturated carbocycles. The summed E-state index contributed by atoms with van der Waals surface area (Å²) in [7, 11) is -4.01. The van der Waals surface area contributed by atoms with Gasteiger partial charge in [0.25, 0.3) is 10.0 Å². The van der Waals surface area contributed by atoms with E-state index in [9.17, 15) is 13.2 Å². The van der Waals surface area contributed by atoms with E-state index in [0.29, 0.717) is 0 Å². The topological polar surface area (TPSA) is 96.4 Å². The minimum absolute atomic E-state index is 0.104. The first kappa shape index (κ1) is 15.7. The summed E-state index contributed by atoms with van der Waals surface area (Å²) >= 11 is 8.95.